The first-order chi connectivity index (χ1) is 1.73. The Hall–Kier alpha value is 1.14. The average molecular weight is 130 g/mol. The molecule has 0 aliphatic rings. The minimum atomic E-state index is -0.759. The largest absolute Gasteiger partial charge is 0.106 e. The molecule has 0 saturated carbocycles. The molecule has 0 fully saturated rings. The van der Waals surface area contributed by atoms with E-state index >= 15 is 0 Å². The van der Waals surface area contributed by atoms with E-state index in [1.54, 1.807) is 0 Å². The highest BCUT2D eigenvalue weighted by molar-refractivity contribution is 8.84. The third kappa shape index (κ3) is 11.1. The Labute approximate surface area is 41.2 Å². The molecule has 0 aliphatic heterocycles. The van der Waals surface area contributed by atoms with E-state index in [-0.39, 0.29) is 0 Å². The first-order valence-corrected chi connectivity index (χ1v) is 5.09. The maximum atomic E-state index is 4.36. The second-order valence-electron chi connectivity index (χ2n) is 0.238. The molecule has 0 spiro atoms. The van der Waals surface area contributed by atoms with Crippen LogP contribution in [-0.2, 0) is 29.4 Å². The standard InChI is InChI=1S/H2S4/c1-4(2)3/h4H,(H,1,2,3). The number of hydrogen-bond donors (Lipinski definition) is 2. The first kappa shape index (κ1) is 5.14. The Bertz CT molecular complexity index is 48.4. The van der Waals surface area contributed by atoms with E-state index in [1.807, 2.05) is 0 Å². The Kier molecular flexibility index (Phi) is 3.06. The van der Waals surface area contributed by atoms with Gasteiger partial charge >= 0.3 is 0 Å². The van der Waals surface area contributed by atoms with Gasteiger partial charge in [0.1, 0.15) is 0 Å². The highest BCUT2D eigenvalue weighted by Gasteiger charge is 1.35. The highest BCUT2D eigenvalue weighted by Crippen LogP contribution is 1.63. The molecule has 0 radical (unpaired) electrons. The molecule has 0 aromatic heterocycles. The highest BCUT2D eigenvalue weighted by atomic mass is 33.5. The van der Waals surface area contributed by atoms with Crippen LogP contribution in [0.5, 0.6) is 0 Å². The van der Waals surface area contributed by atoms with Crippen LogP contribution in [0.2, 0.25) is 0 Å². The molecule has 0 unspecified atom stereocenters. The van der Waals surface area contributed by atoms with Gasteiger partial charge in [0, 0.05) is 0 Å². The van der Waals surface area contributed by atoms with E-state index in [2.05, 4.69) is 34.0 Å². The van der Waals surface area contributed by atoms with E-state index in [1.165, 1.54) is 0 Å². The van der Waals surface area contributed by atoms with Gasteiger partial charge in [-0.1, -0.05) is 7.05 Å². The van der Waals surface area contributed by atoms with E-state index < -0.39 is 7.05 Å². The van der Waals surface area contributed by atoms with Crippen LogP contribution >= 0.6 is 11.7 Å². The Balaban J connectivity index is 3.51. The van der Waals surface area contributed by atoms with Gasteiger partial charge < -0.3 is 0 Å². The van der Waals surface area contributed by atoms with E-state index in [0.717, 1.165) is 0 Å². The van der Waals surface area contributed by atoms with E-state index in [4.69, 9.17) is 0 Å². The van der Waals surface area contributed by atoms with Crippen LogP contribution in [0.25, 0.3) is 0 Å². The summed E-state index contributed by atoms with van der Waals surface area (Å²) < 4.78 is 0. The number of thiol groups is 2. The summed E-state index contributed by atoms with van der Waals surface area (Å²) in [7, 11) is -0.759. The summed E-state index contributed by atoms with van der Waals surface area (Å²) in [5, 5.41) is 0. The summed E-state index contributed by atoms with van der Waals surface area (Å²) in [5.41, 5.74) is 0. The monoisotopic (exact) mass is 130 g/mol. The molecular formula is H2S4. The third-order valence-corrected chi connectivity index (χ3v) is 0. The molecular weight excluding hydrogens is 128 g/mol. The summed E-state index contributed by atoms with van der Waals surface area (Å²) in [5.74, 6) is 0. The van der Waals surface area contributed by atoms with Gasteiger partial charge in [-0.3, -0.25) is 0 Å². The second-order valence-corrected chi connectivity index (χ2v) is 6.42. The van der Waals surface area contributed by atoms with Crippen LogP contribution in [0, 0.1) is 0 Å². The van der Waals surface area contributed by atoms with Gasteiger partial charge in [-0.25, -0.2) is 0 Å². The molecule has 0 amide bonds. The van der Waals surface area contributed by atoms with Crippen molar-refractivity contribution in [3.63, 3.8) is 0 Å². The van der Waals surface area contributed by atoms with Crippen LogP contribution in [-0.4, -0.2) is 0 Å². The van der Waals surface area contributed by atoms with E-state index in [9.17, 15) is 0 Å². The summed E-state index contributed by atoms with van der Waals surface area (Å²) in [4.78, 5) is 0. The molecule has 0 N–H and O–H groups in total. The molecule has 0 heterocycles. The Morgan fingerprint density at radius 1 is 1.50 bits per heavy atom. The lowest BCUT2D eigenvalue weighted by Crippen LogP contribution is -1.29. The van der Waals surface area contributed by atoms with Crippen LogP contribution < -0.4 is 0 Å². The quantitative estimate of drug-likeness (QED) is 0.353. The van der Waals surface area contributed by atoms with Gasteiger partial charge in [-0.15, -0.1) is 11.7 Å². The van der Waals surface area contributed by atoms with Gasteiger partial charge in [0.15, 0.2) is 0 Å². The Morgan fingerprint density at radius 2 is 1.50 bits per heavy atom. The molecule has 0 bridgehead atoms. The van der Waals surface area contributed by atoms with Crippen molar-refractivity contribution in [1.29, 1.82) is 0 Å². The summed E-state index contributed by atoms with van der Waals surface area (Å²) >= 11 is 12.4. The van der Waals surface area contributed by atoms with Crippen molar-refractivity contribution in [2.24, 2.45) is 0 Å². The van der Waals surface area contributed by atoms with Crippen molar-refractivity contribution in [2.45, 2.75) is 0 Å². The smallest absolute Gasteiger partial charge is 0.0397 e. The predicted molar refractivity (Wildman–Crippen MR) is 32.5 cm³/mol. The lowest BCUT2D eigenvalue weighted by molar-refractivity contribution is 6.00. The van der Waals surface area contributed by atoms with Crippen molar-refractivity contribution < 1.29 is 0 Å². The molecule has 4 heteroatoms. The summed E-state index contributed by atoms with van der Waals surface area (Å²) in [6.07, 6.45) is 0. The topological polar surface area (TPSA) is 0 Å². The lowest BCUT2D eigenvalue weighted by Gasteiger charge is -1.48. The molecule has 0 nitrogen and oxygen atoms in total. The third-order valence-electron chi connectivity index (χ3n) is 0. The molecule has 0 aliphatic carbocycles. The fraction of sp³-hybridized carbons (Fsp3) is 0. The molecule has 0 aromatic carbocycles. The molecule has 0 saturated heterocycles. The van der Waals surface area contributed by atoms with Gasteiger partial charge in [0.25, 0.3) is 0 Å². The van der Waals surface area contributed by atoms with Gasteiger partial charge in [0.05, 0.1) is 0 Å². The summed E-state index contributed by atoms with van der Waals surface area (Å²) in [6.45, 7) is 0. The second kappa shape index (κ2) is 2.38. The van der Waals surface area contributed by atoms with Crippen molar-refractivity contribution in [2.75, 3.05) is 0 Å². The van der Waals surface area contributed by atoms with E-state index in [0.29, 0.717) is 0 Å². The molecule has 0 rings (SSSR count). The molecule has 26 valence electrons. The van der Waals surface area contributed by atoms with Gasteiger partial charge in [-0.05, 0) is 22.4 Å². The van der Waals surface area contributed by atoms with Crippen LogP contribution in [0.15, 0.2) is 0 Å². The minimum Gasteiger partial charge on any atom is -0.106 e. The van der Waals surface area contributed by atoms with Crippen LogP contribution in [0.1, 0.15) is 0 Å². The zero-order valence-corrected chi connectivity index (χ0v) is 5.13. The predicted octanol–water partition coefficient (Wildman–Crippen LogP) is 0.106. The SMILES string of the molecule is S=[SH](=S)S. The summed E-state index contributed by atoms with van der Waals surface area (Å²) in [6, 6.07) is 0. The molecule has 4 heavy (non-hydrogen) atoms. The van der Waals surface area contributed by atoms with Crippen molar-refractivity contribution in [3.8, 4) is 0 Å². The van der Waals surface area contributed by atoms with Crippen LogP contribution in [0.3, 0.4) is 0 Å². The van der Waals surface area contributed by atoms with Crippen molar-refractivity contribution >= 4 is 41.1 Å². The van der Waals surface area contributed by atoms with Crippen molar-refractivity contribution in [1.82, 2.24) is 0 Å². The molecule has 0 atom stereocenters. The first-order valence-electron chi connectivity index (χ1n) is 0.565. The van der Waals surface area contributed by atoms with Gasteiger partial charge in [-0.2, -0.15) is 0 Å². The zero-order chi connectivity index (χ0) is 3.58. The normalized spacial score (nSPS) is 8.50. The maximum absolute atomic E-state index is 4.36. The van der Waals surface area contributed by atoms with Gasteiger partial charge in [0.2, 0.25) is 0 Å². The zero-order valence-electron chi connectivity index (χ0n) is 1.71. The number of hydrogen-bond acceptors (Lipinski definition) is 2. The van der Waals surface area contributed by atoms with Crippen LogP contribution in [0.4, 0.5) is 0 Å². The maximum Gasteiger partial charge on any atom is -0.0397 e. The number of rotatable bonds is 0. The van der Waals surface area contributed by atoms with Crippen molar-refractivity contribution in [3.05, 3.63) is 0 Å². The Morgan fingerprint density at radius 3 is 1.50 bits per heavy atom. The molecule has 0 aromatic rings. The minimum absolute atomic E-state index is 0.759. The average Bonchev–Trinajstić information content (AvgIpc) is 0.811. The fourth-order valence-electron chi connectivity index (χ4n) is 0. The lowest BCUT2D eigenvalue weighted by atomic mass is 30.7. The fourth-order valence-corrected chi connectivity index (χ4v) is 0.